The van der Waals surface area contributed by atoms with Gasteiger partial charge in [-0.1, -0.05) is 12.5 Å². The van der Waals surface area contributed by atoms with Crippen LogP contribution in [-0.2, 0) is 9.90 Å². The number of hydrogen-bond donors (Lipinski definition) is 1. The third-order valence-electron chi connectivity index (χ3n) is 2.09. The van der Waals surface area contributed by atoms with Crippen LogP contribution in [0.2, 0.25) is 0 Å². The van der Waals surface area contributed by atoms with E-state index in [2.05, 4.69) is 5.32 Å². The average Bonchev–Trinajstić information content (AvgIpc) is 2.05. The summed E-state index contributed by atoms with van der Waals surface area (Å²) in [4.78, 5) is 10.0. The van der Waals surface area contributed by atoms with E-state index < -0.39 is 5.97 Å². The first-order valence-electron chi connectivity index (χ1n) is 4.40. The van der Waals surface area contributed by atoms with Gasteiger partial charge in [0.2, 0.25) is 0 Å². The lowest BCUT2D eigenvalue weighted by molar-refractivity contribution is -0.137. The quantitative estimate of drug-likeness (QED) is 0.640. The van der Waals surface area contributed by atoms with E-state index in [-0.39, 0.29) is 0 Å². The van der Waals surface area contributed by atoms with Gasteiger partial charge in [0.15, 0.2) is 0 Å². The summed E-state index contributed by atoms with van der Waals surface area (Å²) in [5.74, 6) is -1.11. The minimum absolute atomic E-state index is 0.467. The maximum atomic E-state index is 10.0. The lowest BCUT2D eigenvalue weighted by atomic mass is 10.0. The number of piperidine rings is 1. The molecule has 1 saturated heterocycles. The van der Waals surface area contributed by atoms with Gasteiger partial charge in [0, 0.05) is 12.1 Å². The van der Waals surface area contributed by atoms with Crippen LogP contribution in [0.15, 0.2) is 12.2 Å². The Labute approximate surface area is 72.5 Å². The summed E-state index contributed by atoms with van der Waals surface area (Å²) in [7, 11) is 0. The van der Waals surface area contributed by atoms with Crippen molar-refractivity contribution in [1.82, 2.24) is 5.32 Å². The van der Waals surface area contributed by atoms with Crippen LogP contribution in [0.1, 0.15) is 25.7 Å². The van der Waals surface area contributed by atoms with Crippen LogP contribution in [0.25, 0.3) is 0 Å². The van der Waals surface area contributed by atoms with Crippen molar-refractivity contribution in [3.8, 4) is 0 Å². The highest BCUT2D eigenvalue weighted by Crippen LogP contribution is 2.09. The molecule has 3 nitrogen and oxygen atoms in total. The summed E-state index contributed by atoms with van der Waals surface area (Å²) in [6.07, 6.45) is 7.21. The second kappa shape index (κ2) is 4.93. The first-order chi connectivity index (χ1) is 5.79. The predicted molar refractivity (Wildman–Crippen MR) is 45.1 cm³/mol. The fraction of sp³-hybridized carbons (Fsp3) is 0.667. The Morgan fingerprint density at radius 2 is 2.33 bits per heavy atom. The largest absolute Gasteiger partial charge is 0.378 e. The molecule has 1 radical (unpaired) electrons. The van der Waals surface area contributed by atoms with E-state index in [1.165, 1.54) is 12.8 Å². The molecule has 1 N–H and O–H groups in total. The van der Waals surface area contributed by atoms with E-state index in [1.54, 1.807) is 6.08 Å². The average molecular weight is 168 g/mol. The second-order valence-electron chi connectivity index (χ2n) is 3.10. The van der Waals surface area contributed by atoms with Gasteiger partial charge in [0.05, 0.1) is 0 Å². The molecule has 1 rings (SSSR count). The molecule has 0 saturated carbocycles. The van der Waals surface area contributed by atoms with Crippen LogP contribution in [-0.4, -0.2) is 18.6 Å². The summed E-state index contributed by atoms with van der Waals surface area (Å²) >= 11 is 0. The molecule has 3 heteroatoms. The fourth-order valence-electron chi connectivity index (χ4n) is 1.45. The van der Waals surface area contributed by atoms with E-state index in [1.807, 2.05) is 0 Å². The zero-order valence-corrected chi connectivity index (χ0v) is 7.08. The van der Waals surface area contributed by atoms with Crippen molar-refractivity contribution in [2.45, 2.75) is 31.7 Å². The summed E-state index contributed by atoms with van der Waals surface area (Å²) in [5, 5.41) is 13.4. The van der Waals surface area contributed by atoms with Gasteiger partial charge in [0.1, 0.15) is 0 Å². The molecule has 12 heavy (non-hydrogen) atoms. The first kappa shape index (κ1) is 9.26. The van der Waals surface area contributed by atoms with Gasteiger partial charge in [0.25, 0.3) is 0 Å². The van der Waals surface area contributed by atoms with Crippen molar-refractivity contribution in [1.29, 1.82) is 0 Å². The fourth-order valence-corrected chi connectivity index (χ4v) is 1.45. The molecule has 1 aliphatic heterocycles. The monoisotopic (exact) mass is 168 g/mol. The molecule has 0 aromatic heterocycles. The smallest absolute Gasteiger partial charge is 0.314 e. The molecule has 0 aromatic carbocycles. The van der Waals surface area contributed by atoms with Crippen LogP contribution in [0, 0.1) is 0 Å². The van der Waals surface area contributed by atoms with Crippen molar-refractivity contribution in [3.63, 3.8) is 0 Å². The molecule has 0 bridgehead atoms. The highest BCUT2D eigenvalue weighted by atomic mass is 16.4. The lowest BCUT2D eigenvalue weighted by Gasteiger charge is -2.21. The minimum Gasteiger partial charge on any atom is -0.314 e. The molecule has 1 aliphatic rings. The SMILES string of the molecule is [O]C(=O)C=CCC1CCCCN1. The van der Waals surface area contributed by atoms with Gasteiger partial charge in [-0.15, -0.1) is 0 Å². The zero-order valence-electron chi connectivity index (χ0n) is 7.08. The second-order valence-corrected chi connectivity index (χ2v) is 3.10. The van der Waals surface area contributed by atoms with Crippen molar-refractivity contribution < 1.29 is 9.90 Å². The van der Waals surface area contributed by atoms with Gasteiger partial charge in [-0.25, -0.2) is 9.90 Å². The maximum Gasteiger partial charge on any atom is 0.378 e. The summed E-state index contributed by atoms with van der Waals surface area (Å²) in [6, 6.07) is 0.467. The van der Waals surface area contributed by atoms with Crippen LogP contribution >= 0.6 is 0 Å². The third kappa shape index (κ3) is 3.53. The molecule has 67 valence electrons. The Bertz CT molecular complexity index is 171. The first-order valence-corrected chi connectivity index (χ1v) is 4.40. The number of carbonyl (C=O) groups is 1. The van der Waals surface area contributed by atoms with E-state index in [0.29, 0.717) is 6.04 Å². The summed E-state index contributed by atoms with van der Waals surface area (Å²) < 4.78 is 0. The lowest BCUT2D eigenvalue weighted by Crippen LogP contribution is -2.33. The number of rotatable bonds is 3. The topological polar surface area (TPSA) is 49.0 Å². The van der Waals surface area contributed by atoms with E-state index >= 15 is 0 Å². The molecule has 0 spiro atoms. The standard InChI is InChI=1S/C9H14NO2/c11-9(12)6-3-5-8-4-1-2-7-10-8/h3,6,8,10H,1-2,4-5,7H2. The minimum atomic E-state index is -1.11. The summed E-state index contributed by atoms with van der Waals surface area (Å²) in [6.45, 7) is 1.06. The normalized spacial score (nSPS) is 24.5. The Kier molecular flexibility index (Phi) is 3.80. The van der Waals surface area contributed by atoms with E-state index in [4.69, 9.17) is 0 Å². The predicted octanol–water partition coefficient (Wildman–Crippen LogP) is 1.03. The molecule has 1 unspecified atom stereocenters. The third-order valence-corrected chi connectivity index (χ3v) is 2.09. The van der Waals surface area contributed by atoms with Crippen LogP contribution in [0.3, 0.4) is 0 Å². The van der Waals surface area contributed by atoms with E-state index in [0.717, 1.165) is 25.5 Å². The summed E-state index contributed by atoms with van der Waals surface area (Å²) in [5.41, 5.74) is 0. The van der Waals surface area contributed by atoms with Crippen molar-refractivity contribution in [3.05, 3.63) is 12.2 Å². The molecule has 1 fully saturated rings. The Hall–Kier alpha value is -0.830. The van der Waals surface area contributed by atoms with Crippen molar-refractivity contribution in [2.24, 2.45) is 0 Å². The Morgan fingerprint density at radius 3 is 2.92 bits per heavy atom. The van der Waals surface area contributed by atoms with E-state index in [9.17, 15) is 9.90 Å². The van der Waals surface area contributed by atoms with Gasteiger partial charge >= 0.3 is 5.97 Å². The molecule has 1 heterocycles. The molecule has 0 aromatic rings. The van der Waals surface area contributed by atoms with Crippen LogP contribution in [0.5, 0.6) is 0 Å². The number of nitrogens with one attached hydrogen (secondary N) is 1. The van der Waals surface area contributed by atoms with Gasteiger partial charge in [-0.3, -0.25) is 0 Å². The van der Waals surface area contributed by atoms with Crippen LogP contribution < -0.4 is 5.32 Å². The highest BCUT2D eigenvalue weighted by molar-refractivity contribution is 5.79. The van der Waals surface area contributed by atoms with Crippen molar-refractivity contribution >= 4 is 5.97 Å². The highest BCUT2D eigenvalue weighted by Gasteiger charge is 2.09. The Morgan fingerprint density at radius 1 is 1.50 bits per heavy atom. The van der Waals surface area contributed by atoms with Gasteiger partial charge in [-0.2, -0.15) is 0 Å². The molecule has 1 atom stereocenters. The van der Waals surface area contributed by atoms with Gasteiger partial charge < -0.3 is 5.32 Å². The van der Waals surface area contributed by atoms with Crippen molar-refractivity contribution in [2.75, 3.05) is 6.54 Å². The molecule has 0 aliphatic carbocycles. The van der Waals surface area contributed by atoms with Gasteiger partial charge in [-0.05, 0) is 25.8 Å². The molecular weight excluding hydrogens is 154 g/mol. The zero-order chi connectivity index (χ0) is 8.81. The van der Waals surface area contributed by atoms with Crippen LogP contribution in [0.4, 0.5) is 0 Å². The number of carbonyl (C=O) groups excluding carboxylic acids is 1. The number of hydrogen-bond acceptors (Lipinski definition) is 2. The Balaban J connectivity index is 2.17. The maximum absolute atomic E-state index is 10.0. The molecule has 0 amide bonds. The molecular formula is C9H14NO2.